The van der Waals surface area contributed by atoms with Crippen LogP contribution >= 0.6 is 0 Å². The minimum absolute atomic E-state index is 0.00392. The first-order valence-corrected chi connectivity index (χ1v) is 7.83. The predicted octanol–water partition coefficient (Wildman–Crippen LogP) is 3.27. The number of hydrogen-bond acceptors (Lipinski definition) is 2. The van der Waals surface area contributed by atoms with Gasteiger partial charge in [0.05, 0.1) is 6.10 Å². The van der Waals surface area contributed by atoms with E-state index in [0.29, 0.717) is 19.4 Å². The van der Waals surface area contributed by atoms with Crippen molar-refractivity contribution < 1.29 is 9.90 Å². The van der Waals surface area contributed by atoms with Gasteiger partial charge in [-0.15, -0.1) is 0 Å². The molecule has 0 fully saturated rings. The number of benzene rings is 1. The highest BCUT2D eigenvalue weighted by Gasteiger charge is 2.21. The third-order valence-corrected chi connectivity index (χ3v) is 4.06. The van der Waals surface area contributed by atoms with E-state index in [1.807, 2.05) is 32.0 Å². The lowest BCUT2D eigenvalue weighted by atomic mass is 9.80. The molecule has 118 valence electrons. The summed E-state index contributed by atoms with van der Waals surface area (Å²) in [4.78, 5) is 11.9. The molecule has 1 aromatic rings. The number of rotatable bonds is 8. The van der Waals surface area contributed by atoms with Crippen LogP contribution in [0.5, 0.6) is 0 Å². The molecule has 1 rings (SSSR count). The second-order valence-electron chi connectivity index (χ2n) is 6.70. The maximum atomic E-state index is 11.9. The highest BCUT2D eigenvalue weighted by atomic mass is 16.3. The van der Waals surface area contributed by atoms with E-state index in [4.69, 9.17) is 0 Å². The van der Waals surface area contributed by atoms with Gasteiger partial charge in [0.1, 0.15) is 0 Å². The summed E-state index contributed by atoms with van der Waals surface area (Å²) >= 11 is 0. The Hall–Kier alpha value is -1.35. The fourth-order valence-corrected chi connectivity index (χ4v) is 2.24. The summed E-state index contributed by atoms with van der Waals surface area (Å²) in [6.45, 7) is 8.84. The molecular weight excluding hydrogens is 262 g/mol. The second kappa shape index (κ2) is 8.18. The molecule has 0 aromatic heterocycles. The molecule has 0 radical (unpaired) electrons. The minimum Gasteiger partial charge on any atom is -0.393 e. The van der Waals surface area contributed by atoms with E-state index in [1.165, 1.54) is 5.56 Å². The average molecular weight is 291 g/mol. The van der Waals surface area contributed by atoms with Crippen molar-refractivity contribution in [2.75, 3.05) is 6.54 Å². The first-order chi connectivity index (χ1) is 9.83. The van der Waals surface area contributed by atoms with Crippen molar-refractivity contribution in [3.05, 3.63) is 35.9 Å². The molecular formula is C18H29NO2. The highest BCUT2D eigenvalue weighted by Crippen LogP contribution is 2.27. The van der Waals surface area contributed by atoms with Crippen LogP contribution in [-0.4, -0.2) is 23.7 Å². The smallest absolute Gasteiger partial charge is 0.220 e. The van der Waals surface area contributed by atoms with Gasteiger partial charge >= 0.3 is 0 Å². The second-order valence-corrected chi connectivity index (χ2v) is 6.70. The lowest BCUT2D eigenvalue weighted by Crippen LogP contribution is -2.30. The van der Waals surface area contributed by atoms with Crippen molar-refractivity contribution in [2.45, 2.75) is 58.5 Å². The first kappa shape index (κ1) is 17.7. The third kappa shape index (κ3) is 6.30. The lowest BCUT2D eigenvalue weighted by Gasteiger charge is -2.25. The summed E-state index contributed by atoms with van der Waals surface area (Å²) in [6.07, 6.45) is 1.60. The van der Waals surface area contributed by atoms with Crippen molar-refractivity contribution in [2.24, 2.45) is 5.92 Å². The molecule has 0 aliphatic rings. The molecule has 0 saturated heterocycles. The normalized spacial score (nSPS) is 13.2. The molecule has 3 nitrogen and oxygen atoms in total. The largest absolute Gasteiger partial charge is 0.393 e. The average Bonchev–Trinajstić information content (AvgIpc) is 2.46. The maximum Gasteiger partial charge on any atom is 0.220 e. The molecule has 1 atom stereocenters. The molecule has 0 bridgehead atoms. The van der Waals surface area contributed by atoms with Crippen LogP contribution in [0, 0.1) is 5.92 Å². The van der Waals surface area contributed by atoms with Gasteiger partial charge in [0.25, 0.3) is 0 Å². The van der Waals surface area contributed by atoms with Gasteiger partial charge in [-0.2, -0.15) is 0 Å². The Kier molecular flexibility index (Phi) is 6.90. The number of carbonyl (C=O) groups excluding carboxylic acids is 1. The molecule has 0 saturated carbocycles. The van der Waals surface area contributed by atoms with Crippen LogP contribution in [0.2, 0.25) is 0 Å². The van der Waals surface area contributed by atoms with Crippen molar-refractivity contribution in [1.29, 1.82) is 0 Å². The number of hydrogen-bond donors (Lipinski definition) is 2. The standard InChI is InChI=1S/C18H29NO2/c1-14(2)16(20)11-13-19-17(21)10-12-18(3,4)15-8-6-5-7-9-15/h5-9,14,16,20H,10-13H2,1-4H3,(H,19,21). The Morgan fingerprint density at radius 3 is 2.43 bits per heavy atom. The molecule has 0 heterocycles. The van der Waals surface area contributed by atoms with Gasteiger partial charge < -0.3 is 10.4 Å². The molecule has 3 heteroatoms. The number of amides is 1. The number of carbonyl (C=O) groups is 1. The van der Waals surface area contributed by atoms with E-state index in [0.717, 1.165) is 6.42 Å². The fraction of sp³-hybridized carbons (Fsp3) is 0.611. The SMILES string of the molecule is CC(C)C(O)CCNC(=O)CCC(C)(C)c1ccccc1. The van der Waals surface area contributed by atoms with Crippen LogP contribution in [-0.2, 0) is 10.2 Å². The predicted molar refractivity (Wildman–Crippen MR) is 87.2 cm³/mol. The fourth-order valence-electron chi connectivity index (χ4n) is 2.24. The Morgan fingerprint density at radius 2 is 1.86 bits per heavy atom. The van der Waals surface area contributed by atoms with Gasteiger partial charge in [0.15, 0.2) is 0 Å². The van der Waals surface area contributed by atoms with Crippen molar-refractivity contribution in [3.8, 4) is 0 Å². The summed E-state index contributed by atoms with van der Waals surface area (Å²) in [5, 5.41) is 12.6. The summed E-state index contributed by atoms with van der Waals surface area (Å²) in [7, 11) is 0. The van der Waals surface area contributed by atoms with E-state index in [1.54, 1.807) is 0 Å². The quantitative estimate of drug-likeness (QED) is 0.772. The van der Waals surface area contributed by atoms with E-state index in [-0.39, 0.29) is 23.3 Å². The zero-order chi connectivity index (χ0) is 15.9. The summed E-state index contributed by atoms with van der Waals surface area (Å²) in [5.74, 6) is 0.300. The first-order valence-electron chi connectivity index (χ1n) is 7.83. The van der Waals surface area contributed by atoms with Crippen LogP contribution in [0.3, 0.4) is 0 Å². The van der Waals surface area contributed by atoms with Crippen LogP contribution in [0.15, 0.2) is 30.3 Å². The van der Waals surface area contributed by atoms with Gasteiger partial charge in [-0.1, -0.05) is 58.0 Å². The van der Waals surface area contributed by atoms with Crippen molar-refractivity contribution in [3.63, 3.8) is 0 Å². The highest BCUT2D eigenvalue weighted by molar-refractivity contribution is 5.75. The molecule has 0 spiro atoms. The van der Waals surface area contributed by atoms with E-state index in [2.05, 4.69) is 31.3 Å². The van der Waals surface area contributed by atoms with Crippen LogP contribution in [0.25, 0.3) is 0 Å². The van der Waals surface area contributed by atoms with E-state index < -0.39 is 0 Å². The summed E-state index contributed by atoms with van der Waals surface area (Å²) in [6, 6.07) is 10.3. The lowest BCUT2D eigenvalue weighted by molar-refractivity contribution is -0.121. The Balaban J connectivity index is 2.33. The zero-order valence-corrected chi connectivity index (χ0v) is 13.7. The number of nitrogens with one attached hydrogen (secondary N) is 1. The third-order valence-electron chi connectivity index (χ3n) is 4.06. The maximum absolute atomic E-state index is 11.9. The van der Waals surface area contributed by atoms with Crippen molar-refractivity contribution >= 4 is 5.91 Å². The van der Waals surface area contributed by atoms with Crippen molar-refractivity contribution in [1.82, 2.24) is 5.32 Å². The summed E-state index contributed by atoms with van der Waals surface area (Å²) < 4.78 is 0. The summed E-state index contributed by atoms with van der Waals surface area (Å²) in [5.41, 5.74) is 1.25. The molecule has 21 heavy (non-hydrogen) atoms. The minimum atomic E-state index is -0.342. The molecule has 1 aromatic carbocycles. The topological polar surface area (TPSA) is 49.3 Å². The Labute approximate surface area is 128 Å². The van der Waals surface area contributed by atoms with Gasteiger partial charge in [-0.05, 0) is 29.7 Å². The molecule has 2 N–H and O–H groups in total. The van der Waals surface area contributed by atoms with E-state index in [9.17, 15) is 9.90 Å². The molecule has 0 aliphatic carbocycles. The van der Waals surface area contributed by atoms with Gasteiger partial charge in [0, 0.05) is 13.0 Å². The van der Waals surface area contributed by atoms with Crippen LogP contribution in [0.1, 0.15) is 52.5 Å². The van der Waals surface area contributed by atoms with Crippen LogP contribution in [0.4, 0.5) is 0 Å². The molecule has 1 unspecified atom stereocenters. The Morgan fingerprint density at radius 1 is 1.24 bits per heavy atom. The Bertz CT molecular complexity index is 426. The number of aliphatic hydroxyl groups is 1. The van der Waals surface area contributed by atoms with E-state index >= 15 is 0 Å². The van der Waals surface area contributed by atoms with Gasteiger partial charge in [-0.3, -0.25) is 4.79 Å². The van der Waals surface area contributed by atoms with Gasteiger partial charge in [-0.25, -0.2) is 0 Å². The number of aliphatic hydroxyl groups excluding tert-OH is 1. The van der Waals surface area contributed by atoms with Gasteiger partial charge in [0.2, 0.25) is 5.91 Å². The molecule has 0 aliphatic heterocycles. The zero-order valence-electron chi connectivity index (χ0n) is 13.7. The van der Waals surface area contributed by atoms with Crippen LogP contribution < -0.4 is 5.32 Å². The monoisotopic (exact) mass is 291 g/mol. The molecule has 1 amide bonds.